The second-order valence-electron chi connectivity index (χ2n) is 5.84. The van der Waals surface area contributed by atoms with E-state index in [2.05, 4.69) is 15.8 Å². The average Bonchev–Trinajstić information content (AvgIpc) is 3.13. The molecule has 0 bridgehead atoms. The first-order valence-electron chi connectivity index (χ1n) is 8.14. The van der Waals surface area contributed by atoms with Crippen LogP contribution in [0.5, 0.6) is 0 Å². The van der Waals surface area contributed by atoms with E-state index in [-0.39, 0.29) is 23.3 Å². The number of rotatable bonds is 6. The van der Waals surface area contributed by atoms with Gasteiger partial charge in [0.05, 0.1) is 27.7 Å². The summed E-state index contributed by atoms with van der Waals surface area (Å²) in [6.07, 6.45) is 0. The molecule has 2 N–H and O–H groups in total. The summed E-state index contributed by atoms with van der Waals surface area (Å²) >= 11 is 1.57. The molecule has 0 aromatic heterocycles. The molecule has 0 spiro atoms. The van der Waals surface area contributed by atoms with Crippen LogP contribution in [0.25, 0.3) is 0 Å². The summed E-state index contributed by atoms with van der Waals surface area (Å²) in [4.78, 5) is 32.9. The molecule has 1 amide bonds. The zero-order valence-electron chi connectivity index (χ0n) is 14.4. The molecule has 11 heteroatoms. The molecule has 1 saturated heterocycles. The summed E-state index contributed by atoms with van der Waals surface area (Å²) in [5.41, 5.74) is 2.96. The Labute approximate surface area is 163 Å². The Kier molecular flexibility index (Phi) is 5.84. The van der Waals surface area contributed by atoms with Crippen LogP contribution in [0, 0.1) is 20.2 Å². The topological polar surface area (TPSA) is 140 Å². The van der Waals surface area contributed by atoms with Crippen molar-refractivity contribution in [1.82, 2.24) is 5.32 Å². The highest BCUT2D eigenvalue weighted by atomic mass is 32.2. The Hall–Kier alpha value is -3.47. The van der Waals surface area contributed by atoms with Crippen molar-refractivity contribution in [2.24, 2.45) is 5.10 Å². The molecule has 2 aromatic rings. The fraction of sp³-hybridized carbons (Fsp3) is 0.176. The van der Waals surface area contributed by atoms with Gasteiger partial charge in [-0.2, -0.15) is 16.9 Å². The molecule has 1 heterocycles. The van der Waals surface area contributed by atoms with E-state index in [1.165, 1.54) is 6.07 Å². The maximum atomic E-state index is 12.3. The zero-order chi connectivity index (χ0) is 20.1. The van der Waals surface area contributed by atoms with Gasteiger partial charge in [0.25, 0.3) is 11.6 Å². The van der Waals surface area contributed by atoms with E-state index in [1.807, 2.05) is 6.07 Å². The Morgan fingerprint density at radius 3 is 2.54 bits per heavy atom. The lowest BCUT2D eigenvalue weighted by Gasteiger charge is -2.13. The molecule has 0 saturated carbocycles. The van der Waals surface area contributed by atoms with Crippen LogP contribution < -0.4 is 10.7 Å². The van der Waals surface area contributed by atoms with Gasteiger partial charge in [-0.05, 0) is 18.2 Å². The van der Waals surface area contributed by atoms with Gasteiger partial charge in [0.15, 0.2) is 0 Å². The molecule has 0 radical (unpaired) electrons. The largest absolute Gasteiger partial charge is 0.343 e. The minimum Gasteiger partial charge on any atom is -0.343 e. The predicted molar refractivity (Wildman–Crippen MR) is 106 cm³/mol. The van der Waals surface area contributed by atoms with Crippen LogP contribution in [-0.2, 0) is 0 Å². The van der Waals surface area contributed by atoms with Crippen molar-refractivity contribution in [3.05, 3.63) is 74.3 Å². The first-order valence-corrected chi connectivity index (χ1v) is 9.30. The number of non-ortho nitro benzene ring substituents is 1. The smallest absolute Gasteiger partial charge is 0.301 e. The fourth-order valence-electron chi connectivity index (χ4n) is 2.56. The molecule has 3 rings (SSSR count). The molecule has 1 aliphatic heterocycles. The van der Waals surface area contributed by atoms with Crippen LogP contribution in [0.1, 0.15) is 10.4 Å². The van der Waals surface area contributed by atoms with Crippen LogP contribution in [0.3, 0.4) is 0 Å². The molecule has 10 nitrogen and oxygen atoms in total. The van der Waals surface area contributed by atoms with E-state index in [4.69, 9.17) is 0 Å². The Morgan fingerprint density at radius 2 is 1.86 bits per heavy atom. The van der Waals surface area contributed by atoms with Gasteiger partial charge in [-0.25, -0.2) is 0 Å². The van der Waals surface area contributed by atoms with E-state index < -0.39 is 15.5 Å². The minimum absolute atomic E-state index is 0.0353. The van der Waals surface area contributed by atoms with Gasteiger partial charge in [-0.15, -0.1) is 0 Å². The number of carbonyl (C=O) groups is 1. The summed E-state index contributed by atoms with van der Waals surface area (Å²) in [6.45, 7) is 0. The lowest BCUT2D eigenvalue weighted by molar-refractivity contribution is -0.393. The number of nitrogens with zero attached hydrogens (tertiary/aromatic N) is 3. The molecule has 28 heavy (non-hydrogen) atoms. The van der Waals surface area contributed by atoms with Gasteiger partial charge in [0, 0.05) is 23.1 Å². The normalized spacial score (nSPS) is 17.3. The van der Waals surface area contributed by atoms with Crippen molar-refractivity contribution in [2.75, 3.05) is 16.9 Å². The van der Waals surface area contributed by atoms with Crippen molar-refractivity contribution >= 4 is 40.4 Å². The maximum Gasteiger partial charge on any atom is 0.301 e. The third kappa shape index (κ3) is 4.43. The highest BCUT2D eigenvalue weighted by Gasteiger charge is 2.26. The number of carbonyl (C=O) groups excluding carboxylic acids is 1. The fourth-order valence-corrected chi connectivity index (χ4v) is 3.66. The maximum absolute atomic E-state index is 12.3. The molecule has 0 aliphatic carbocycles. The number of amides is 1. The second-order valence-corrected chi connectivity index (χ2v) is 6.87. The summed E-state index contributed by atoms with van der Waals surface area (Å²) in [7, 11) is 0. The molecule has 0 unspecified atom stereocenters. The highest BCUT2D eigenvalue weighted by Crippen LogP contribution is 2.29. The van der Waals surface area contributed by atoms with Crippen LogP contribution in [0.4, 0.5) is 17.1 Å². The van der Waals surface area contributed by atoms with E-state index in [0.717, 1.165) is 12.1 Å². The third-order valence-corrected chi connectivity index (χ3v) is 5.06. The number of nitro groups is 2. The number of hydrogen-bond donors (Lipinski definition) is 2. The van der Waals surface area contributed by atoms with Crippen LogP contribution in [-0.4, -0.2) is 39.0 Å². The number of nitro benzene ring substituents is 2. The summed E-state index contributed by atoms with van der Waals surface area (Å²) in [5, 5.41) is 29.1. The number of hydrogen-bond acceptors (Lipinski definition) is 8. The number of hydrazone groups is 1. The second kappa shape index (κ2) is 8.48. The van der Waals surface area contributed by atoms with Crippen LogP contribution in [0.2, 0.25) is 0 Å². The molecule has 1 atom stereocenters. The van der Waals surface area contributed by atoms with Gasteiger partial charge in [0.2, 0.25) is 0 Å². The molecular formula is C17H15N5O5S. The van der Waals surface area contributed by atoms with Gasteiger partial charge < -0.3 is 5.32 Å². The van der Waals surface area contributed by atoms with E-state index >= 15 is 0 Å². The first kappa shape index (κ1) is 19.3. The van der Waals surface area contributed by atoms with E-state index in [0.29, 0.717) is 22.8 Å². The molecule has 1 fully saturated rings. The standard InChI is InChI=1S/C17H15N5O5S/c23-17(11-4-2-1-3-5-11)18-14-9-28-10-15(14)20-19-13-7-6-12(21(24)25)8-16(13)22(26)27/h1-8,14,19H,9-10H2,(H,18,23)/b20-15+/t14-/m1/s1. The quantitative estimate of drug-likeness (QED) is 0.560. The predicted octanol–water partition coefficient (Wildman–Crippen LogP) is 2.82. The van der Waals surface area contributed by atoms with Crippen LogP contribution in [0.15, 0.2) is 53.6 Å². The zero-order valence-corrected chi connectivity index (χ0v) is 15.2. The third-order valence-electron chi connectivity index (χ3n) is 3.99. The van der Waals surface area contributed by atoms with E-state index in [1.54, 1.807) is 36.0 Å². The van der Waals surface area contributed by atoms with Crippen molar-refractivity contribution < 1.29 is 14.6 Å². The number of thioether (sulfide) groups is 1. The molecule has 1 aliphatic rings. The molecular weight excluding hydrogens is 386 g/mol. The first-order chi connectivity index (χ1) is 13.5. The molecule has 144 valence electrons. The van der Waals surface area contributed by atoms with Gasteiger partial charge in [0.1, 0.15) is 5.69 Å². The minimum atomic E-state index is -0.715. The van der Waals surface area contributed by atoms with Crippen molar-refractivity contribution in [2.45, 2.75) is 6.04 Å². The van der Waals surface area contributed by atoms with Gasteiger partial charge in [-0.3, -0.25) is 30.4 Å². The SMILES string of the molecule is O=C(N[C@@H]1CSC/C1=N\Nc1ccc([N+](=O)[O-])cc1[N+](=O)[O-])c1ccccc1. The summed E-state index contributed by atoms with van der Waals surface area (Å²) in [6, 6.07) is 11.7. The number of nitrogens with one attached hydrogen (secondary N) is 2. The number of benzene rings is 2. The molecule has 2 aromatic carbocycles. The van der Waals surface area contributed by atoms with Gasteiger partial charge in [-0.1, -0.05) is 18.2 Å². The summed E-state index contributed by atoms with van der Waals surface area (Å²) in [5.74, 6) is 0.941. The van der Waals surface area contributed by atoms with Gasteiger partial charge >= 0.3 is 5.69 Å². The lowest BCUT2D eigenvalue weighted by atomic mass is 10.1. The lowest BCUT2D eigenvalue weighted by Crippen LogP contribution is -2.40. The van der Waals surface area contributed by atoms with Crippen molar-refractivity contribution in [1.29, 1.82) is 0 Å². The van der Waals surface area contributed by atoms with Crippen molar-refractivity contribution in [3.8, 4) is 0 Å². The Morgan fingerprint density at radius 1 is 1.11 bits per heavy atom. The summed E-state index contributed by atoms with van der Waals surface area (Å²) < 4.78 is 0. The Balaban J connectivity index is 1.75. The van der Waals surface area contributed by atoms with E-state index in [9.17, 15) is 25.0 Å². The monoisotopic (exact) mass is 401 g/mol. The average molecular weight is 401 g/mol. The number of anilines is 1. The Bertz CT molecular complexity index is 950. The van der Waals surface area contributed by atoms with Crippen molar-refractivity contribution in [3.63, 3.8) is 0 Å². The van der Waals surface area contributed by atoms with Crippen LogP contribution >= 0.6 is 11.8 Å². The highest BCUT2D eigenvalue weighted by molar-refractivity contribution is 8.00.